The van der Waals surface area contributed by atoms with E-state index in [1.165, 1.54) is 42.4 Å². The van der Waals surface area contributed by atoms with Crippen molar-refractivity contribution in [3.8, 4) is 0 Å². The van der Waals surface area contributed by atoms with Crippen LogP contribution in [-0.2, 0) is 12.8 Å². The molecule has 0 bridgehead atoms. The molecule has 1 saturated heterocycles. The van der Waals surface area contributed by atoms with E-state index < -0.39 is 0 Å². The highest BCUT2D eigenvalue weighted by Gasteiger charge is 2.22. The van der Waals surface area contributed by atoms with Gasteiger partial charge in [-0.2, -0.15) is 0 Å². The van der Waals surface area contributed by atoms with E-state index in [0.29, 0.717) is 6.04 Å². The molecular weight excluding hydrogens is 296 g/mol. The molecule has 0 saturated carbocycles. The SMILES string of the molecule is CCC(CNC(=O)c1ccc2c3c(cccc13)CC2)N1CCCC1. The molecule has 1 N–H and O–H groups in total. The molecule has 2 aromatic rings. The van der Waals surface area contributed by atoms with Gasteiger partial charge in [-0.1, -0.05) is 31.2 Å². The van der Waals surface area contributed by atoms with Gasteiger partial charge in [-0.15, -0.1) is 0 Å². The summed E-state index contributed by atoms with van der Waals surface area (Å²) < 4.78 is 0. The number of likely N-dealkylation sites (tertiary alicyclic amines) is 1. The number of nitrogens with zero attached hydrogens (tertiary/aromatic N) is 1. The van der Waals surface area contributed by atoms with Gasteiger partial charge in [-0.25, -0.2) is 0 Å². The van der Waals surface area contributed by atoms with E-state index >= 15 is 0 Å². The van der Waals surface area contributed by atoms with Gasteiger partial charge in [0.15, 0.2) is 0 Å². The van der Waals surface area contributed by atoms with Gasteiger partial charge in [0, 0.05) is 18.2 Å². The van der Waals surface area contributed by atoms with Crippen molar-refractivity contribution in [2.24, 2.45) is 0 Å². The molecule has 0 aromatic heterocycles. The number of hydrogen-bond acceptors (Lipinski definition) is 2. The zero-order valence-corrected chi connectivity index (χ0v) is 14.5. The lowest BCUT2D eigenvalue weighted by Gasteiger charge is -2.26. The summed E-state index contributed by atoms with van der Waals surface area (Å²) in [7, 11) is 0. The van der Waals surface area contributed by atoms with Crippen LogP contribution >= 0.6 is 0 Å². The van der Waals surface area contributed by atoms with E-state index in [2.05, 4.69) is 41.4 Å². The number of carbonyl (C=O) groups excluding carboxylic acids is 1. The van der Waals surface area contributed by atoms with Crippen LogP contribution < -0.4 is 5.32 Å². The Morgan fingerprint density at radius 2 is 1.88 bits per heavy atom. The quantitative estimate of drug-likeness (QED) is 0.913. The predicted octanol–water partition coefficient (Wildman–Crippen LogP) is 3.54. The summed E-state index contributed by atoms with van der Waals surface area (Å²) in [6.07, 6.45) is 5.87. The maximum atomic E-state index is 12.8. The zero-order valence-electron chi connectivity index (χ0n) is 14.5. The highest BCUT2D eigenvalue weighted by Crippen LogP contribution is 2.32. The first-order valence-corrected chi connectivity index (χ1v) is 9.33. The predicted molar refractivity (Wildman–Crippen MR) is 98.6 cm³/mol. The third kappa shape index (κ3) is 2.71. The second-order valence-electron chi connectivity index (χ2n) is 7.13. The van der Waals surface area contributed by atoms with Crippen LogP contribution in [0.3, 0.4) is 0 Å². The van der Waals surface area contributed by atoms with Crippen molar-refractivity contribution in [2.45, 2.75) is 45.1 Å². The van der Waals surface area contributed by atoms with Crippen LogP contribution in [0.5, 0.6) is 0 Å². The molecule has 1 atom stereocenters. The summed E-state index contributed by atoms with van der Waals surface area (Å²) in [6.45, 7) is 5.32. The first-order valence-electron chi connectivity index (χ1n) is 9.33. The van der Waals surface area contributed by atoms with E-state index in [9.17, 15) is 4.79 Å². The first kappa shape index (κ1) is 15.6. The van der Waals surface area contributed by atoms with Crippen molar-refractivity contribution in [3.05, 3.63) is 47.0 Å². The lowest BCUT2D eigenvalue weighted by molar-refractivity contribution is 0.0939. The van der Waals surface area contributed by atoms with E-state index in [1.807, 2.05) is 6.07 Å². The van der Waals surface area contributed by atoms with Crippen molar-refractivity contribution in [1.82, 2.24) is 10.2 Å². The van der Waals surface area contributed by atoms with Gasteiger partial charge in [0.1, 0.15) is 0 Å². The minimum absolute atomic E-state index is 0.0725. The normalized spacial score (nSPS) is 18.2. The van der Waals surface area contributed by atoms with Gasteiger partial charge < -0.3 is 5.32 Å². The van der Waals surface area contributed by atoms with Crippen LogP contribution in [0.2, 0.25) is 0 Å². The number of carbonyl (C=O) groups is 1. The van der Waals surface area contributed by atoms with Crippen LogP contribution in [0.25, 0.3) is 10.8 Å². The molecule has 126 valence electrons. The van der Waals surface area contributed by atoms with Gasteiger partial charge in [0.2, 0.25) is 0 Å². The fourth-order valence-electron chi connectivity index (χ4n) is 4.39. The van der Waals surface area contributed by atoms with Gasteiger partial charge in [-0.3, -0.25) is 9.69 Å². The topological polar surface area (TPSA) is 32.3 Å². The average Bonchev–Trinajstić information content (AvgIpc) is 3.27. The second kappa shape index (κ2) is 6.56. The van der Waals surface area contributed by atoms with Gasteiger partial charge in [-0.05, 0) is 73.2 Å². The smallest absolute Gasteiger partial charge is 0.251 e. The Balaban J connectivity index is 1.54. The summed E-state index contributed by atoms with van der Waals surface area (Å²) in [5, 5.41) is 5.63. The first-order chi connectivity index (χ1) is 11.8. The van der Waals surface area contributed by atoms with Crippen LogP contribution in [0.4, 0.5) is 0 Å². The highest BCUT2D eigenvalue weighted by atomic mass is 16.1. The molecule has 0 spiro atoms. The average molecular weight is 322 g/mol. The van der Waals surface area contributed by atoms with E-state index in [4.69, 9.17) is 0 Å². The lowest BCUT2D eigenvalue weighted by Crippen LogP contribution is -2.42. The molecule has 4 rings (SSSR count). The molecule has 3 nitrogen and oxygen atoms in total. The van der Waals surface area contributed by atoms with Crippen LogP contribution in [0.15, 0.2) is 30.3 Å². The van der Waals surface area contributed by atoms with Gasteiger partial charge in [0.25, 0.3) is 5.91 Å². The number of amides is 1. The van der Waals surface area contributed by atoms with Gasteiger partial charge >= 0.3 is 0 Å². The maximum absolute atomic E-state index is 12.8. The molecule has 1 unspecified atom stereocenters. The molecule has 1 amide bonds. The summed E-state index contributed by atoms with van der Waals surface area (Å²) in [4.78, 5) is 15.3. The van der Waals surface area contributed by atoms with Crippen molar-refractivity contribution >= 4 is 16.7 Å². The number of rotatable bonds is 5. The summed E-state index contributed by atoms with van der Waals surface area (Å²) in [5.41, 5.74) is 3.61. The monoisotopic (exact) mass is 322 g/mol. The summed E-state index contributed by atoms with van der Waals surface area (Å²) in [5.74, 6) is 0.0725. The third-order valence-electron chi connectivity index (χ3n) is 5.75. The molecule has 1 aliphatic heterocycles. The number of hydrogen-bond donors (Lipinski definition) is 1. The number of nitrogens with one attached hydrogen (secondary N) is 1. The molecule has 0 radical (unpaired) electrons. The molecule has 2 aliphatic rings. The Morgan fingerprint density at radius 1 is 1.12 bits per heavy atom. The number of benzene rings is 2. The fourth-order valence-corrected chi connectivity index (χ4v) is 4.39. The Kier molecular flexibility index (Phi) is 4.28. The maximum Gasteiger partial charge on any atom is 0.251 e. The Bertz CT molecular complexity index is 752. The molecule has 24 heavy (non-hydrogen) atoms. The van der Waals surface area contributed by atoms with E-state index in [1.54, 1.807) is 0 Å². The van der Waals surface area contributed by atoms with Crippen molar-refractivity contribution in [2.75, 3.05) is 19.6 Å². The fraction of sp³-hybridized carbons (Fsp3) is 0.476. The number of aryl methyl sites for hydroxylation is 2. The Hall–Kier alpha value is -1.87. The van der Waals surface area contributed by atoms with Crippen LogP contribution in [0.1, 0.15) is 47.7 Å². The summed E-state index contributed by atoms with van der Waals surface area (Å²) in [6, 6.07) is 11.0. The molecule has 1 fully saturated rings. The lowest BCUT2D eigenvalue weighted by atomic mass is 9.99. The summed E-state index contributed by atoms with van der Waals surface area (Å²) >= 11 is 0. The third-order valence-corrected chi connectivity index (χ3v) is 5.75. The molecular formula is C21H26N2O. The molecule has 1 heterocycles. The van der Waals surface area contributed by atoms with Crippen LogP contribution in [0, 0.1) is 0 Å². The zero-order chi connectivity index (χ0) is 16.5. The highest BCUT2D eigenvalue weighted by molar-refractivity contribution is 6.09. The van der Waals surface area contributed by atoms with Crippen molar-refractivity contribution in [3.63, 3.8) is 0 Å². The van der Waals surface area contributed by atoms with Crippen molar-refractivity contribution < 1.29 is 4.79 Å². The molecule has 1 aliphatic carbocycles. The minimum Gasteiger partial charge on any atom is -0.350 e. The molecule has 2 aromatic carbocycles. The van der Waals surface area contributed by atoms with Crippen LogP contribution in [-0.4, -0.2) is 36.5 Å². The van der Waals surface area contributed by atoms with E-state index in [0.717, 1.165) is 36.8 Å². The van der Waals surface area contributed by atoms with Gasteiger partial charge in [0.05, 0.1) is 0 Å². The van der Waals surface area contributed by atoms with E-state index in [-0.39, 0.29) is 5.91 Å². The Morgan fingerprint density at radius 3 is 2.62 bits per heavy atom. The minimum atomic E-state index is 0.0725. The standard InChI is InChI=1S/C21H26N2O/c1-2-17(23-12-3-4-13-23)14-22-21(24)19-11-10-16-9-8-15-6-5-7-18(19)20(15)16/h5-7,10-11,17H,2-4,8-9,12-14H2,1H3,(H,22,24). The molecule has 3 heteroatoms. The Labute approximate surface area is 144 Å². The largest absolute Gasteiger partial charge is 0.350 e. The van der Waals surface area contributed by atoms with Crippen molar-refractivity contribution in [1.29, 1.82) is 0 Å². The second-order valence-corrected chi connectivity index (χ2v) is 7.13.